The van der Waals surface area contributed by atoms with Crippen LogP contribution in [-0.4, -0.2) is 16.6 Å². The smallest absolute Gasteiger partial charge is 0.217 e. The molecule has 0 fully saturated rings. The number of rotatable bonds is 5. The summed E-state index contributed by atoms with van der Waals surface area (Å²) in [6.45, 7) is 2.18. The third-order valence-electron chi connectivity index (χ3n) is 3.41. The van der Waals surface area contributed by atoms with E-state index in [0.717, 1.165) is 30.7 Å². The molecule has 0 aromatic carbocycles. The molecule has 0 radical (unpaired) electrons. The van der Waals surface area contributed by atoms with Gasteiger partial charge in [-0.25, -0.2) is 0 Å². The molecule has 1 aliphatic heterocycles. The van der Waals surface area contributed by atoms with Gasteiger partial charge in [-0.2, -0.15) is 0 Å². The normalized spacial score (nSPS) is 20.9. The molecule has 1 amide bonds. The first-order chi connectivity index (χ1) is 9.09. The molecule has 5 heteroatoms. The Kier molecular flexibility index (Phi) is 6.21. The summed E-state index contributed by atoms with van der Waals surface area (Å²) < 4.78 is 0. The van der Waals surface area contributed by atoms with Crippen molar-refractivity contribution in [2.75, 3.05) is 0 Å². The molecule has 1 atom stereocenters. The number of allylic oxidation sites excluding steroid dienone is 1. The van der Waals surface area contributed by atoms with Gasteiger partial charge in [-0.05, 0) is 30.4 Å². The molecule has 0 saturated heterocycles. The Bertz CT molecular complexity index is 513. The van der Waals surface area contributed by atoms with Crippen molar-refractivity contribution < 1.29 is 24.3 Å². The third-order valence-corrected chi connectivity index (χ3v) is 3.41. The molecule has 20 heavy (non-hydrogen) atoms. The second kappa shape index (κ2) is 7.44. The van der Waals surface area contributed by atoms with Crippen molar-refractivity contribution in [3.63, 3.8) is 0 Å². The average molecular weight is 358 g/mol. The van der Waals surface area contributed by atoms with Crippen molar-refractivity contribution in [3.8, 4) is 0 Å². The Morgan fingerprint density at radius 2 is 2.25 bits per heavy atom. The molecular formula is C15H19N3ORu. The van der Waals surface area contributed by atoms with Crippen molar-refractivity contribution in [2.24, 2.45) is 16.1 Å². The van der Waals surface area contributed by atoms with Crippen LogP contribution in [0, 0.1) is 5.41 Å². The fraction of sp³-hybridized carbons (Fsp3) is 0.400. The summed E-state index contributed by atoms with van der Waals surface area (Å²) in [5, 5.41) is 0. The molecule has 0 aliphatic carbocycles. The van der Waals surface area contributed by atoms with Gasteiger partial charge in [0.15, 0.2) is 0 Å². The van der Waals surface area contributed by atoms with Crippen LogP contribution in [0.15, 0.2) is 41.7 Å². The molecule has 108 valence electrons. The number of amides is 1. The Morgan fingerprint density at radius 3 is 2.90 bits per heavy atom. The molecule has 1 aromatic heterocycles. The molecule has 2 N–H and O–H groups in total. The first-order valence-electron chi connectivity index (χ1n) is 6.53. The minimum atomic E-state index is -0.234. The second-order valence-electron chi connectivity index (χ2n) is 5.26. The molecule has 0 bridgehead atoms. The Labute approximate surface area is 132 Å². The van der Waals surface area contributed by atoms with Gasteiger partial charge in [-0.15, -0.1) is 0 Å². The predicted octanol–water partition coefficient (Wildman–Crippen LogP) is 2.45. The van der Waals surface area contributed by atoms with Gasteiger partial charge in [0, 0.05) is 44.7 Å². The van der Waals surface area contributed by atoms with Crippen LogP contribution in [0.5, 0.6) is 0 Å². The van der Waals surface area contributed by atoms with Gasteiger partial charge in [0.05, 0.1) is 11.4 Å². The van der Waals surface area contributed by atoms with E-state index in [4.69, 9.17) is 5.73 Å². The number of aliphatic imine (C=N–C) groups is 1. The van der Waals surface area contributed by atoms with E-state index in [-0.39, 0.29) is 30.8 Å². The van der Waals surface area contributed by atoms with Crippen LogP contribution < -0.4 is 5.73 Å². The molecule has 1 aliphatic rings. The Morgan fingerprint density at radius 1 is 1.45 bits per heavy atom. The van der Waals surface area contributed by atoms with Gasteiger partial charge >= 0.3 is 0 Å². The number of carbonyl (C=O) groups is 1. The molecule has 4 nitrogen and oxygen atoms in total. The van der Waals surface area contributed by atoms with Crippen molar-refractivity contribution in [2.45, 2.75) is 32.6 Å². The van der Waals surface area contributed by atoms with E-state index in [9.17, 15) is 4.79 Å². The van der Waals surface area contributed by atoms with Gasteiger partial charge in [-0.1, -0.05) is 19.1 Å². The maximum atomic E-state index is 10.8. The minimum absolute atomic E-state index is 0. The summed E-state index contributed by atoms with van der Waals surface area (Å²) in [7, 11) is 0. The predicted molar refractivity (Wildman–Crippen MR) is 75.7 cm³/mol. The number of primary amides is 1. The summed E-state index contributed by atoms with van der Waals surface area (Å²) in [6, 6.07) is 5.84. The fourth-order valence-corrected chi connectivity index (χ4v) is 2.32. The minimum Gasteiger partial charge on any atom is -0.370 e. The fourth-order valence-electron chi connectivity index (χ4n) is 2.32. The molecule has 2 heterocycles. The molecule has 0 saturated carbocycles. The molecular weight excluding hydrogens is 339 g/mol. The zero-order valence-electron chi connectivity index (χ0n) is 11.5. The van der Waals surface area contributed by atoms with Crippen LogP contribution in [0.3, 0.4) is 0 Å². The number of nitrogens with two attached hydrogens (primary N) is 1. The molecule has 1 aromatic rings. The summed E-state index contributed by atoms with van der Waals surface area (Å²) in [5.41, 5.74) is 7.14. The number of nitrogens with zero attached hydrogens (tertiary/aromatic N) is 2. The van der Waals surface area contributed by atoms with E-state index < -0.39 is 0 Å². The monoisotopic (exact) mass is 359 g/mol. The van der Waals surface area contributed by atoms with E-state index in [2.05, 4.69) is 23.0 Å². The van der Waals surface area contributed by atoms with Gasteiger partial charge in [0.1, 0.15) is 0 Å². The standard InChI is InChI=1S/C15H19N3O.Ru/c1-15(7-4-6-14(16)19)8-10-18-13(11-15)12-5-2-3-9-17-12;/h2-3,5,8-10H,4,6-7,11H2,1H3,(H2,16,19);. The molecule has 2 rings (SSSR count). The summed E-state index contributed by atoms with van der Waals surface area (Å²) in [6.07, 6.45) is 8.77. The van der Waals surface area contributed by atoms with Gasteiger partial charge in [-0.3, -0.25) is 14.8 Å². The van der Waals surface area contributed by atoms with Crippen molar-refractivity contribution in [3.05, 3.63) is 42.4 Å². The van der Waals surface area contributed by atoms with Gasteiger partial charge in [0.25, 0.3) is 0 Å². The molecule has 0 spiro atoms. The zero-order valence-corrected chi connectivity index (χ0v) is 13.3. The largest absolute Gasteiger partial charge is 0.370 e. The van der Waals surface area contributed by atoms with Crippen LogP contribution in [0.2, 0.25) is 0 Å². The molecule has 1 unspecified atom stereocenters. The Balaban J connectivity index is 0.00000200. The Hall–Kier alpha value is -1.35. The first kappa shape index (κ1) is 16.7. The number of carbonyl (C=O) groups excluding carboxylic acids is 1. The van der Waals surface area contributed by atoms with Crippen LogP contribution in [0.25, 0.3) is 0 Å². The summed E-state index contributed by atoms with van der Waals surface area (Å²) in [5.74, 6) is -0.234. The van der Waals surface area contributed by atoms with Crippen LogP contribution in [0.1, 0.15) is 38.3 Å². The third kappa shape index (κ3) is 4.64. The average Bonchev–Trinajstić information content (AvgIpc) is 2.39. The number of aromatic nitrogens is 1. The van der Waals surface area contributed by atoms with Crippen LogP contribution >= 0.6 is 0 Å². The van der Waals surface area contributed by atoms with Crippen LogP contribution in [0.4, 0.5) is 0 Å². The van der Waals surface area contributed by atoms with E-state index in [1.54, 1.807) is 6.20 Å². The number of hydrogen-bond acceptors (Lipinski definition) is 3. The van der Waals surface area contributed by atoms with E-state index in [1.807, 2.05) is 24.4 Å². The number of pyridine rings is 1. The van der Waals surface area contributed by atoms with E-state index >= 15 is 0 Å². The van der Waals surface area contributed by atoms with Gasteiger partial charge < -0.3 is 5.73 Å². The maximum Gasteiger partial charge on any atom is 0.217 e. The van der Waals surface area contributed by atoms with Gasteiger partial charge in [0.2, 0.25) is 5.91 Å². The summed E-state index contributed by atoms with van der Waals surface area (Å²) in [4.78, 5) is 19.6. The van der Waals surface area contributed by atoms with Crippen molar-refractivity contribution >= 4 is 11.6 Å². The maximum absolute atomic E-state index is 10.8. The summed E-state index contributed by atoms with van der Waals surface area (Å²) >= 11 is 0. The van der Waals surface area contributed by atoms with Crippen LogP contribution in [-0.2, 0) is 24.3 Å². The second-order valence-corrected chi connectivity index (χ2v) is 5.26. The SMILES string of the molecule is CC1(CCCC(N)=O)C=CN=C(c2ccccn2)C1.[Ru]. The van der Waals surface area contributed by atoms with E-state index in [0.29, 0.717) is 6.42 Å². The van der Waals surface area contributed by atoms with Crippen molar-refractivity contribution in [1.29, 1.82) is 0 Å². The first-order valence-corrected chi connectivity index (χ1v) is 6.53. The topological polar surface area (TPSA) is 68.3 Å². The number of hydrogen-bond donors (Lipinski definition) is 1. The zero-order chi connectivity index (χ0) is 13.7. The van der Waals surface area contributed by atoms with E-state index in [1.165, 1.54) is 0 Å². The van der Waals surface area contributed by atoms with Crippen molar-refractivity contribution in [1.82, 2.24) is 4.98 Å². The quantitative estimate of drug-likeness (QED) is 0.822.